The van der Waals surface area contributed by atoms with Crippen molar-refractivity contribution in [3.8, 4) is 0 Å². The number of methoxy groups -OCH3 is 1. The molecule has 0 radical (unpaired) electrons. The summed E-state index contributed by atoms with van der Waals surface area (Å²) in [6.45, 7) is 4.79. The van der Waals surface area contributed by atoms with E-state index in [1.165, 1.54) is 0 Å². The van der Waals surface area contributed by atoms with E-state index in [0.717, 1.165) is 10.2 Å². The molecule has 0 unspecified atom stereocenters. The number of rotatable bonds is 6. The van der Waals surface area contributed by atoms with Gasteiger partial charge in [0.05, 0.1) is 13.2 Å². The van der Waals surface area contributed by atoms with Gasteiger partial charge in [0.25, 0.3) is 0 Å². The van der Waals surface area contributed by atoms with Gasteiger partial charge in [0.1, 0.15) is 0 Å². The number of halogens is 1. The van der Waals surface area contributed by atoms with Gasteiger partial charge in [-0.2, -0.15) is 0 Å². The van der Waals surface area contributed by atoms with Gasteiger partial charge in [-0.15, -0.1) is 0 Å². The second-order valence-electron chi connectivity index (χ2n) is 4.73. The van der Waals surface area contributed by atoms with Gasteiger partial charge < -0.3 is 15.4 Å². The second kappa shape index (κ2) is 6.87. The zero-order valence-electron chi connectivity index (χ0n) is 10.9. The Morgan fingerprint density at radius 2 is 1.94 bits per heavy atom. The number of nitrogens with one attached hydrogen (secondary N) is 2. The molecule has 0 saturated carbocycles. The smallest absolute Gasteiger partial charge is 0.238 e. The van der Waals surface area contributed by atoms with Crippen molar-refractivity contribution in [2.45, 2.75) is 19.4 Å². The van der Waals surface area contributed by atoms with Crippen LogP contribution in [0.15, 0.2) is 28.7 Å². The first kappa shape index (κ1) is 15.1. The van der Waals surface area contributed by atoms with E-state index in [-0.39, 0.29) is 18.0 Å². The van der Waals surface area contributed by atoms with Crippen molar-refractivity contribution in [2.75, 3.05) is 25.6 Å². The lowest BCUT2D eigenvalue weighted by Gasteiger charge is -2.24. The summed E-state index contributed by atoms with van der Waals surface area (Å²) in [7, 11) is 1.64. The highest BCUT2D eigenvalue weighted by Crippen LogP contribution is 2.13. The maximum absolute atomic E-state index is 11.7. The highest BCUT2D eigenvalue weighted by molar-refractivity contribution is 9.10. The Bertz CT molecular complexity index is 390. The van der Waals surface area contributed by atoms with Crippen LogP contribution in [-0.4, -0.2) is 31.7 Å². The third-order valence-corrected chi connectivity index (χ3v) is 2.89. The molecular weight excluding hydrogens is 296 g/mol. The molecule has 0 aliphatic heterocycles. The number of hydrogen-bond donors (Lipinski definition) is 2. The first-order valence-electron chi connectivity index (χ1n) is 5.72. The minimum Gasteiger partial charge on any atom is -0.383 e. The summed E-state index contributed by atoms with van der Waals surface area (Å²) in [6, 6.07) is 7.47. The standard InChI is InChI=1S/C13H19BrN2O2/c1-13(2,9-18-3)15-8-12(17)16-11-6-4-10(14)5-7-11/h4-7,15H,8-9H2,1-3H3,(H,16,17). The summed E-state index contributed by atoms with van der Waals surface area (Å²) in [5.74, 6) is -0.0681. The molecule has 18 heavy (non-hydrogen) atoms. The van der Waals surface area contributed by atoms with Gasteiger partial charge in [-0.1, -0.05) is 15.9 Å². The minimum absolute atomic E-state index is 0.0681. The molecule has 0 heterocycles. The van der Waals surface area contributed by atoms with E-state index in [1.807, 2.05) is 38.1 Å². The third kappa shape index (κ3) is 5.62. The van der Waals surface area contributed by atoms with Crippen LogP contribution in [-0.2, 0) is 9.53 Å². The fraction of sp³-hybridized carbons (Fsp3) is 0.462. The van der Waals surface area contributed by atoms with Gasteiger partial charge in [-0.05, 0) is 38.1 Å². The van der Waals surface area contributed by atoms with Crippen molar-refractivity contribution < 1.29 is 9.53 Å². The summed E-state index contributed by atoms with van der Waals surface area (Å²) in [4.78, 5) is 11.7. The van der Waals surface area contributed by atoms with Crippen LogP contribution in [0.4, 0.5) is 5.69 Å². The third-order valence-electron chi connectivity index (χ3n) is 2.36. The molecule has 0 spiro atoms. The van der Waals surface area contributed by atoms with Crippen molar-refractivity contribution in [1.82, 2.24) is 5.32 Å². The van der Waals surface area contributed by atoms with Crippen molar-refractivity contribution >= 4 is 27.5 Å². The average Bonchev–Trinajstić information content (AvgIpc) is 2.30. The zero-order valence-corrected chi connectivity index (χ0v) is 12.5. The van der Waals surface area contributed by atoms with E-state index in [2.05, 4.69) is 26.6 Å². The fourth-order valence-electron chi connectivity index (χ4n) is 1.47. The number of carbonyl (C=O) groups excluding carboxylic acids is 1. The maximum atomic E-state index is 11.7. The quantitative estimate of drug-likeness (QED) is 0.847. The molecule has 1 rings (SSSR count). The Hall–Kier alpha value is -0.910. The van der Waals surface area contributed by atoms with Crippen LogP contribution >= 0.6 is 15.9 Å². The summed E-state index contributed by atoms with van der Waals surface area (Å²) in [5.41, 5.74) is 0.570. The Kier molecular flexibility index (Phi) is 5.78. The number of hydrogen-bond acceptors (Lipinski definition) is 3. The Morgan fingerprint density at radius 3 is 2.50 bits per heavy atom. The highest BCUT2D eigenvalue weighted by atomic mass is 79.9. The number of ether oxygens (including phenoxy) is 1. The molecule has 0 aromatic heterocycles. The molecule has 100 valence electrons. The molecule has 5 heteroatoms. The van der Waals surface area contributed by atoms with Crippen LogP contribution in [0.3, 0.4) is 0 Å². The molecule has 0 bridgehead atoms. The van der Waals surface area contributed by atoms with Gasteiger partial charge in [-0.3, -0.25) is 4.79 Å². The first-order chi connectivity index (χ1) is 8.43. The van der Waals surface area contributed by atoms with Gasteiger partial charge in [0.2, 0.25) is 5.91 Å². The van der Waals surface area contributed by atoms with Crippen LogP contribution in [0.25, 0.3) is 0 Å². The summed E-state index contributed by atoms with van der Waals surface area (Å²) < 4.78 is 6.06. The van der Waals surface area contributed by atoms with E-state index in [0.29, 0.717) is 6.61 Å². The summed E-state index contributed by atoms with van der Waals surface area (Å²) >= 11 is 3.35. The molecule has 1 amide bonds. The number of benzene rings is 1. The zero-order chi connectivity index (χ0) is 13.6. The lowest BCUT2D eigenvalue weighted by molar-refractivity contribution is -0.115. The molecule has 0 saturated heterocycles. The van der Waals surface area contributed by atoms with Crippen LogP contribution in [0.5, 0.6) is 0 Å². The van der Waals surface area contributed by atoms with Crippen LogP contribution in [0.2, 0.25) is 0 Å². The molecular formula is C13H19BrN2O2. The van der Waals surface area contributed by atoms with Gasteiger partial charge >= 0.3 is 0 Å². The maximum Gasteiger partial charge on any atom is 0.238 e. The van der Waals surface area contributed by atoms with E-state index in [9.17, 15) is 4.79 Å². The number of anilines is 1. The molecule has 0 atom stereocenters. The van der Waals surface area contributed by atoms with E-state index < -0.39 is 0 Å². The van der Waals surface area contributed by atoms with Crippen LogP contribution in [0, 0.1) is 0 Å². The molecule has 0 fully saturated rings. The first-order valence-corrected chi connectivity index (χ1v) is 6.52. The minimum atomic E-state index is -0.216. The number of carbonyl (C=O) groups is 1. The Morgan fingerprint density at radius 1 is 1.33 bits per heavy atom. The molecule has 4 nitrogen and oxygen atoms in total. The van der Waals surface area contributed by atoms with Crippen LogP contribution < -0.4 is 10.6 Å². The Balaban J connectivity index is 2.40. The lowest BCUT2D eigenvalue weighted by atomic mass is 10.1. The second-order valence-corrected chi connectivity index (χ2v) is 5.64. The Labute approximate surface area is 116 Å². The normalized spacial score (nSPS) is 11.3. The lowest BCUT2D eigenvalue weighted by Crippen LogP contribution is -2.46. The van der Waals surface area contributed by atoms with E-state index >= 15 is 0 Å². The monoisotopic (exact) mass is 314 g/mol. The van der Waals surface area contributed by atoms with Crippen molar-refractivity contribution in [1.29, 1.82) is 0 Å². The molecule has 1 aromatic rings. The van der Waals surface area contributed by atoms with E-state index in [1.54, 1.807) is 7.11 Å². The van der Waals surface area contributed by atoms with Crippen molar-refractivity contribution in [2.24, 2.45) is 0 Å². The number of amides is 1. The highest BCUT2D eigenvalue weighted by Gasteiger charge is 2.17. The summed E-state index contributed by atoms with van der Waals surface area (Å²) in [6.07, 6.45) is 0. The molecule has 1 aromatic carbocycles. The predicted octanol–water partition coefficient (Wildman–Crippen LogP) is 2.40. The van der Waals surface area contributed by atoms with Gasteiger partial charge in [-0.25, -0.2) is 0 Å². The molecule has 0 aliphatic rings. The topological polar surface area (TPSA) is 50.4 Å². The van der Waals surface area contributed by atoms with Crippen molar-refractivity contribution in [3.05, 3.63) is 28.7 Å². The van der Waals surface area contributed by atoms with Crippen LogP contribution in [0.1, 0.15) is 13.8 Å². The summed E-state index contributed by atoms with van der Waals surface area (Å²) in [5, 5.41) is 5.97. The molecule has 0 aliphatic carbocycles. The van der Waals surface area contributed by atoms with Gasteiger partial charge in [0, 0.05) is 22.8 Å². The molecule has 2 N–H and O–H groups in total. The SMILES string of the molecule is COCC(C)(C)NCC(=O)Nc1ccc(Br)cc1. The average molecular weight is 315 g/mol. The largest absolute Gasteiger partial charge is 0.383 e. The predicted molar refractivity (Wildman–Crippen MR) is 76.7 cm³/mol. The fourth-order valence-corrected chi connectivity index (χ4v) is 1.73. The van der Waals surface area contributed by atoms with Crippen molar-refractivity contribution in [3.63, 3.8) is 0 Å². The van der Waals surface area contributed by atoms with Gasteiger partial charge in [0.15, 0.2) is 0 Å². The van der Waals surface area contributed by atoms with E-state index in [4.69, 9.17) is 4.74 Å².